The maximum absolute atomic E-state index is 4.72. The molecule has 0 bridgehead atoms. The van der Waals surface area contributed by atoms with E-state index in [9.17, 15) is 0 Å². The van der Waals surface area contributed by atoms with Gasteiger partial charge in [0.25, 0.3) is 0 Å². The minimum absolute atomic E-state index is 0.684. The number of hydrogen-bond acceptors (Lipinski definition) is 3. The minimum atomic E-state index is 0.684. The molecule has 0 spiro atoms. The SMILES string of the molecule is CCNC(=NCc1ccc(C)cc1)N(C)Cc1csc(C)n1. The average Bonchev–Trinajstić information content (AvgIpc) is 2.90. The van der Waals surface area contributed by atoms with E-state index in [4.69, 9.17) is 4.99 Å². The van der Waals surface area contributed by atoms with Gasteiger partial charge < -0.3 is 10.2 Å². The number of benzene rings is 1. The highest BCUT2D eigenvalue weighted by Gasteiger charge is 2.08. The van der Waals surface area contributed by atoms with Gasteiger partial charge in [-0.2, -0.15) is 0 Å². The second kappa shape index (κ2) is 7.94. The van der Waals surface area contributed by atoms with Gasteiger partial charge in [0.05, 0.1) is 23.8 Å². The average molecular weight is 316 g/mol. The molecule has 0 aliphatic rings. The van der Waals surface area contributed by atoms with Crippen molar-refractivity contribution in [3.63, 3.8) is 0 Å². The molecule has 0 atom stereocenters. The number of nitrogens with one attached hydrogen (secondary N) is 1. The lowest BCUT2D eigenvalue weighted by Crippen LogP contribution is -2.38. The monoisotopic (exact) mass is 316 g/mol. The van der Waals surface area contributed by atoms with E-state index in [1.165, 1.54) is 11.1 Å². The fraction of sp³-hybridized carbons (Fsp3) is 0.412. The summed E-state index contributed by atoms with van der Waals surface area (Å²) in [6.07, 6.45) is 0. The summed E-state index contributed by atoms with van der Waals surface area (Å²) in [6.45, 7) is 8.52. The van der Waals surface area contributed by atoms with E-state index in [0.717, 1.165) is 29.8 Å². The fourth-order valence-electron chi connectivity index (χ4n) is 2.13. The highest BCUT2D eigenvalue weighted by Crippen LogP contribution is 2.10. The summed E-state index contributed by atoms with van der Waals surface area (Å²) < 4.78 is 0. The van der Waals surface area contributed by atoms with Crippen molar-refractivity contribution >= 4 is 17.3 Å². The lowest BCUT2D eigenvalue weighted by atomic mass is 10.1. The van der Waals surface area contributed by atoms with Crippen molar-refractivity contribution in [2.45, 2.75) is 33.9 Å². The van der Waals surface area contributed by atoms with Gasteiger partial charge in [-0.25, -0.2) is 9.98 Å². The van der Waals surface area contributed by atoms with Gasteiger partial charge in [-0.15, -0.1) is 11.3 Å². The highest BCUT2D eigenvalue weighted by atomic mass is 32.1. The zero-order valence-corrected chi connectivity index (χ0v) is 14.6. The molecule has 2 aromatic rings. The van der Waals surface area contributed by atoms with Crippen molar-refractivity contribution < 1.29 is 0 Å². The smallest absolute Gasteiger partial charge is 0.194 e. The van der Waals surface area contributed by atoms with Crippen LogP contribution in [0.3, 0.4) is 0 Å². The van der Waals surface area contributed by atoms with Gasteiger partial charge in [0, 0.05) is 19.0 Å². The van der Waals surface area contributed by atoms with E-state index in [1.807, 2.05) is 14.0 Å². The van der Waals surface area contributed by atoms with E-state index < -0.39 is 0 Å². The Bertz CT molecular complexity index is 616. The number of aliphatic imine (C=N–C) groups is 1. The van der Waals surface area contributed by atoms with Gasteiger partial charge >= 0.3 is 0 Å². The van der Waals surface area contributed by atoms with Gasteiger partial charge in [0.1, 0.15) is 0 Å². The maximum atomic E-state index is 4.72. The number of guanidine groups is 1. The van der Waals surface area contributed by atoms with Gasteiger partial charge in [-0.3, -0.25) is 0 Å². The zero-order valence-electron chi connectivity index (χ0n) is 13.8. The van der Waals surface area contributed by atoms with Crippen molar-refractivity contribution in [3.8, 4) is 0 Å². The summed E-state index contributed by atoms with van der Waals surface area (Å²) >= 11 is 1.68. The van der Waals surface area contributed by atoms with Crippen molar-refractivity contribution in [2.75, 3.05) is 13.6 Å². The van der Waals surface area contributed by atoms with Crippen LogP contribution < -0.4 is 5.32 Å². The number of nitrogens with zero attached hydrogens (tertiary/aromatic N) is 3. The van der Waals surface area contributed by atoms with E-state index in [-0.39, 0.29) is 0 Å². The molecule has 1 aromatic carbocycles. The van der Waals surface area contributed by atoms with Gasteiger partial charge in [0.15, 0.2) is 5.96 Å². The predicted octanol–water partition coefficient (Wildman–Crippen LogP) is 3.36. The first-order valence-electron chi connectivity index (χ1n) is 7.54. The van der Waals surface area contributed by atoms with E-state index in [2.05, 4.69) is 58.7 Å². The molecule has 0 aliphatic heterocycles. The van der Waals surface area contributed by atoms with Crippen molar-refractivity contribution in [1.29, 1.82) is 0 Å². The first-order chi connectivity index (χ1) is 10.6. The van der Waals surface area contributed by atoms with Crippen molar-refractivity contribution in [2.24, 2.45) is 4.99 Å². The largest absolute Gasteiger partial charge is 0.357 e. The Morgan fingerprint density at radius 3 is 2.59 bits per heavy atom. The number of thiazole rings is 1. The number of rotatable bonds is 5. The summed E-state index contributed by atoms with van der Waals surface area (Å²) in [5, 5.41) is 6.55. The topological polar surface area (TPSA) is 40.5 Å². The molecule has 0 aliphatic carbocycles. The summed E-state index contributed by atoms with van der Waals surface area (Å²) in [4.78, 5) is 11.4. The Labute approximate surface area is 136 Å². The molecule has 5 heteroatoms. The van der Waals surface area contributed by atoms with Crippen LogP contribution in [-0.2, 0) is 13.1 Å². The van der Waals surface area contributed by atoms with Crippen LogP contribution in [0.2, 0.25) is 0 Å². The molecule has 0 unspecified atom stereocenters. The van der Waals surface area contributed by atoms with E-state index >= 15 is 0 Å². The second-order valence-electron chi connectivity index (χ2n) is 5.37. The first kappa shape index (κ1) is 16.5. The molecule has 2 rings (SSSR count). The maximum Gasteiger partial charge on any atom is 0.194 e. The number of aryl methyl sites for hydroxylation is 2. The lowest BCUT2D eigenvalue weighted by Gasteiger charge is -2.21. The standard InChI is InChI=1S/C17H24N4S/c1-5-18-17(19-10-15-8-6-13(2)7-9-15)21(4)11-16-12-22-14(3)20-16/h6-9,12H,5,10-11H2,1-4H3,(H,18,19). The van der Waals surface area contributed by atoms with Crippen LogP contribution in [0.15, 0.2) is 34.6 Å². The summed E-state index contributed by atoms with van der Waals surface area (Å²) in [5.41, 5.74) is 3.58. The van der Waals surface area contributed by atoms with Crippen LogP contribution in [-0.4, -0.2) is 29.4 Å². The van der Waals surface area contributed by atoms with Gasteiger partial charge in [-0.05, 0) is 26.3 Å². The predicted molar refractivity (Wildman–Crippen MR) is 94.3 cm³/mol. The van der Waals surface area contributed by atoms with Crippen molar-refractivity contribution in [1.82, 2.24) is 15.2 Å². The molecule has 0 amide bonds. The highest BCUT2D eigenvalue weighted by molar-refractivity contribution is 7.09. The molecule has 22 heavy (non-hydrogen) atoms. The van der Waals surface area contributed by atoms with Crippen LogP contribution in [0.4, 0.5) is 0 Å². The fourth-order valence-corrected chi connectivity index (χ4v) is 2.73. The molecule has 0 radical (unpaired) electrons. The molecule has 118 valence electrons. The van der Waals surface area contributed by atoms with E-state index in [0.29, 0.717) is 6.54 Å². The third-order valence-electron chi connectivity index (χ3n) is 3.29. The molecule has 1 N–H and O–H groups in total. The van der Waals surface area contributed by atoms with Crippen LogP contribution in [0.5, 0.6) is 0 Å². The Morgan fingerprint density at radius 2 is 2.00 bits per heavy atom. The number of hydrogen-bond donors (Lipinski definition) is 1. The van der Waals surface area contributed by atoms with Gasteiger partial charge in [0.2, 0.25) is 0 Å². The van der Waals surface area contributed by atoms with E-state index in [1.54, 1.807) is 11.3 Å². The summed E-state index contributed by atoms with van der Waals surface area (Å²) in [5.74, 6) is 0.911. The molecular weight excluding hydrogens is 292 g/mol. The Hall–Kier alpha value is -1.88. The first-order valence-corrected chi connectivity index (χ1v) is 8.42. The summed E-state index contributed by atoms with van der Waals surface area (Å²) in [6, 6.07) is 8.51. The van der Waals surface area contributed by atoms with Crippen molar-refractivity contribution in [3.05, 3.63) is 51.5 Å². The molecule has 1 aromatic heterocycles. The molecule has 0 fully saturated rings. The number of aromatic nitrogens is 1. The van der Waals surface area contributed by atoms with Crippen LogP contribution in [0, 0.1) is 13.8 Å². The Balaban J connectivity index is 2.03. The summed E-state index contributed by atoms with van der Waals surface area (Å²) in [7, 11) is 2.05. The quantitative estimate of drug-likeness (QED) is 0.679. The van der Waals surface area contributed by atoms with Gasteiger partial charge in [-0.1, -0.05) is 29.8 Å². The molecule has 1 heterocycles. The third-order valence-corrected chi connectivity index (χ3v) is 4.12. The second-order valence-corrected chi connectivity index (χ2v) is 6.43. The third kappa shape index (κ3) is 4.84. The normalized spacial score (nSPS) is 11.5. The minimum Gasteiger partial charge on any atom is -0.357 e. The molecular formula is C17H24N4S. The lowest BCUT2D eigenvalue weighted by molar-refractivity contribution is 0.471. The Kier molecular flexibility index (Phi) is 5.95. The van der Waals surface area contributed by atoms with Crippen LogP contribution in [0.1, 0.15) is 28.8 Å². The molecule has 0 saturated heterocycles. The van der Waals surface area contributed by atoms with Crippen LogP contribution in [0.25, 0.3) is 0 Å². The molecule has 4 nitrogen and oxygen atoms in total. The Morgan fingerprint density at radius 1 is 1.27 bits per heavy atom. The zero-order chi connectivity index (χ0) is 15.9. The van der Waals surface area contributed by atoms with Crippen LogP contribution >= 0.6 is 11.3 Å². The molecule has 0 saturated carbocycles.